The van der Waals surface area contributed by atoms with Crippen LogP contribution in [-0.2, 0) is 0 Å². The van der Waals surface area contributed by atoms with Crippen LogP contribution in [0.3, 0.4) is 0 Å². The van der Waals surface area contributed by atoms with Gasteiger partial charge in [-0.2, -0.15) is 0 Å². The summed E-state index contributed by atoms with van der Waals surface area (Å²) < 4.78 is 0. The van der Waals surface area contributed by atoms with E-state index in [4.69, 9.17) is 0 Å². The fourth-order valence-electron chi connectivity index (χ4n) is 1.55. The van der Waals surface area contributed by atoms with Crippen molar-refractivity contribution in [3.63, 3.8) is 0 Å². The van der Waals surface area contributed by atoms with Crippen molar-refractivity contribution in [1.82, 2.24) is 4.98 Å². The van der Waals surface area contributed by atoms with E-state index in [0.29, 0.717) is 5.92 Å². The SMILES string of the molecule is C=C(C)/C(=C\c1[nH]ccc1C)C(C)C. The van der Waals surface area contributed by atoms with Gasteiger partial charge in [0.2, 0.25) is 0 Å². The first-order valence-corrected chi connectivity index (χ1v) is 5.03. The molecule has 0 saturated carbocycles. The average Bonchev–Trinajstić information content (AvgIpc) is 2.46. The molecule has 14 heavy (non-hydrogen) atoms. The minimum Gasteiger partial charge on any atom is -0.361 e. The number of nitrogens with one attached hydrogen (secondary N) is 1. The highest BCUT2D eigenvalue weighted by Gasteiger charge is 2.05. The Labute approximate surface area is 86.5 Å². The number of aryl methyl sites for hydroxylation is 1. The molecule has 0 atom stereocenters. The molecule has 0 bridgehead atoms. The molecule has 0 fully saturated rings. The summed E-state index contributed by atoms with van der Waals surface area (Å²) in [5.74, 6) is 0.523. The van der Waals surface area contributed by atoms with E-state index in [1.54, 1.807) is 0 Å². The molecule has 1 aromatic heterocycles. The third-order valence-electron chi connectivity index (χ3n) is 2.41. The van der Waals surface area contributed by atoms with Crippen molar-refractivity contribution in [2.75, 3.05) is 0 Å². The molecule has 1 rings (SSSR count). The first-order chi connectivity index (χ1) is 6.52. The molecule has 1 aromatic rings. The smallest absolute Gasteiger partial charge is 0.0412 e. The molecular weight excluding hydrogens is 170 g/mol. The van der Waals surface area contributed by atoms with Gasteiger partial charge >= 0.3 is 0 Å². The van der Waals surface area contributed by atoms with E-state index in [-0.39, 0.29) is 0 Å². The Kier molecular flexibility index (Phi) is 3.34. The summed E-state index contributed by atoms with van der Waals surface area (Å²) in [6, 6.07) is 2.09. The summed E-state index contributed by atoms with van der Waals surface area (Å²) in [5.41, 5.74) is 4.94. The van der Waals surface area contributed by atoms with E-state index in [1.807, 2.05) is 6.20 Å². The zero-order valence-electron chi connectivity index (χ0n) is 9.52. The van der Waals surface area contributed by atoms with E-state index < -0.39 is 0 Å². The van der Waals surface area contributed by atoms with E-state index in [0.717, 1.165) is 5.57 Å². The molecule has 0 spiro atoms. The second kappa shape index (κ2) is 4.32. The normalized spacial score (nSPS) is 12.2. The molecule has 0 aliphatic carbocycles. The van der Waals surface area contributed by atoms with Gasteiger partial charge in [0.15, 0.2) is 0 Å². The van der Waals surface area contributed by atoms with Crippen molar-refractivity contribution in [3.05, 3.63) is 41.2 Å². The Bertz CT molecular complexity index is 353. The highest BCUT2D eigenvalue weighted by atomic mass is 14.7. The van der Waals surface area contributed by atoms with Crippen LogP contribution in [0.1, 0.15) is 32.0 Å². The maximum Gasteiger partial charge on any atom is 0.0412 e. The second-order valence-corrected chi connectivity index (χ2v) is 4.11. The van der Waals surface area contributed by atoms with Gasteiger partial charge in [-0.15, -0.1) is 0 Å². The Balaban J connectivity index is 3.06. The number of rotatable bonds is 3. The number of aromatic amines is 1. The van der Waals surface area contributed by atoms with Crippen molar-refractivity contribution in [3.8, 4) is 0 Å². The number of aromatic nitrogens is 1. The monoisotopic (exact) mass is 189 g/mol. The summed E-state index contributed by atoms with van der Waals surface area (Å²) in [6.07, 6.45) is 4.17. The molecule has 1 heterocycles. The van der Waals surface area contributed by atoms with Crippen LogP contribution in [0, 0.1) is 12.8 Å². The molecule has 0 unspecified atom stereocenters. The predicted octanol–water partition coefficient (Wildman–Crippen LogP) is 3.94. The van der Waals surface area contributed by atoms with Crippen molar-refractivity contribution in [2.24, 2.45) is 5.92 Å². The summed E-state index contributed by atoms with van der Waals surface area (Å²) in [7, 11) is 0. The third-order valence-corrected chi connectivity index (χ3v) is 2.41. The van der Waals surface area contributed by atoms with Gasteiger partial charge in [0.1, 0.15) is 0 Å². The van der Waals surface area contributed by atoms with Crippen LogP contribution in [-0.4, -0.2) is 4.98 Å². The summed E-state index contributed by atoms with van der Waals surface area (Å²) >= 11 is 0. The lowest BCUT2D eigenvalue weighted by molar-refractivity contribution is 0.784. The van der Waals surface area contributed by atoms with Gasteiger partial charge in [0.25, 0.3) is 0 Å². The molecule has 1 heteroatoms. The van der Waals surface area contributed by atoms with Crippen molar-refractivity contribution >= 4 is 6.08 Å². The highest BCUT2D eigenvalue weighted by Crippen LogP contribution is 2.21. The maximum absolute atomic E-state index is 4.00. The Morgan fingerprint density at radius 1 is 1.50 bits per heavy atom. The quantitative estimate of drug-likeness (QED) is 0.693. The molecule has 1 nitrogen and oxygen atoms in total. The first-order valence-electron chi connectivity index (χ1n) is 5.03. The van der Waals surface area contributed by atoms with E-state index >= 15 is 0 Å². The van der Waals surface area contributed by atoms with Crippen LogP contribution in [0.2, 0.25) is 0 Å². The van der Waals surface area contributed by atoms with Crippen LogP contribution in [0.4, 0.5) is 0 Å². The zero-order chi connectivity index (χ0) is 10.7. The zero-order valence-corrected chi connectivity index (χ0v) is 9.52. The first kappa shape index (κ1) is 10.8. The van der Waals surface area contributed by atoms with Gasteiger partial charge in [-0.25, -0.2) is 0 Å². The Hall–Kier alpha value is -1.24. The molecule has 0 amide bonds. The molecular formula is C13H19N. The van der Waals surface area contributed by atoms with Gasteiger partial charge in [-0.3, -0.25) is 0 Å². The van der Waals surface area contributed by atoms with Crippen molar-refractivity contribution in [1.29, 1.82) is 0 Å². The fraction of sp³-hybridized carbons (Fsp3) is 0.385. The molecule has 0 saturated heterocycles. The number of hydrogen-bond acceptors (Lipinski definition) is 0. The predicted molar refractivity (Wildman–Crippen MR) is 63.2 cm³/mol. The molecule has 0 aliphatic rings. The van der Waals surface area contributed by atoms with Crippen LogP contribution >= 0.6 is 0 Å². The van der Waals surface area contributed by atoms with Crippen LogP contribution in [0.25, 0.3) is 6.08 Å². The van der Waals surface area contributed by atoms with Crippen molar-refractivity contribution in [2.45, 2.75) is 27.7 Å². The number of H-pyrrole nitrogens is 1. The molecule has 0 radical (unpaired) electrons. The molecule has 0 aromatic carbocycles. The van der Waals surface area contributed by atoms with Gasteiger partial charge in [0.05, 0.1) is 0 Å². The van der Waals surface area contributed by atoms with E-state index in [9.17, 15) is 0 Å². The van der Waals surface area contributed by atoms with Gasteiger partial charge in [-0.1, -0.05) is 26.0 Å². The maximum atomic E-state index is 4.00. The largest absolute Gasteiger partial charge is 0.361 e. The standard InChI is InChI=1S/C13H19N/c1-9(2)12(10(3)4)8-13-11(5)6-7-14-13/h6-8,10,14H,1H2,2-5H3/b12-8+. The summed E-state index contributed by atoms with van der Waals surface area (Å²) in [5, 5.41) is 0. The highest BCUT2D eigenvalue weighted by molar-refractivity contribution is 5.58. The van der Waals surface area contributed by atoms with Crippen LogP contribution in [0.5, 0.6) is 0 Å². The lowest BCUT2D eigenvalue weighted by atomic mass is 9.96. The minimum atomic E-state index is 0.523. The van der Waals surface area contributed by atoms with E-state index in [1.165, 1.54) is 16.8 Å². The van der Waals surface area contributed by atoms with Crippen LogP contribution in [0.15, 0.2) is 30.0 Å². The summed E-state index contributed by atoms with van der Waals surface area (Å²) in [4.78, 5) is 3.23. The second-order valence-electron chi connectivity index (χ2n) is 4.11. The molecule has 0 aliphatic heterocycles. The topological polar surface area (TPSA) is 15.8 Å². The molecule has 1 N–H and O–H groups in total. The van der Waals surface area contributed by atoms with Gasteiger partial charge in [0, 0.05) is 11.9 Å². The average molecular weight is 189 g/mol. The lowest BCUT2D eigenvalue weighted by Gasteiger charge is -2.10. The van der Waals surface area contributed by atoms with E-state index in [2.05, 4.69) is 51.4 Å². The number of allylic oxidation sites excluding steroid dienone is 2. The minimum absolute atomic E-state index is 0.523. The Morgan fingerprint density at radius 3 is 2.50 bits per heavy atom. The fourth-order valence-corrected chi connectivity index (χ4v) is 1.55. The Morgan fingerprint density at radius 2 is 2.14 bits per heavy atom. The van der Waals surface area contributed by atoms with Crippen LogP contribution < -0.4 is 0 Å². The number of hydrogen-bond donors (Lipinski definition) is 1. The lowest BCUT2D eigenvalue weighted by Crippen LogP contribution is -1.95. The molecule has 76 valence electrons. The third kappa shape index (κ3) is 2.38. The van der Waals surface area contributed by atoms with Gasteiger partial charge < -0.3 is 4.98 Å². The summed E-state index contributed by atoms with van der Waals surface area (Å²) in [6.45, 7) is 12.6. The van der Waals surface area contributed by atoms with Gasteiger partial charge in [-0.05, 0) is 43.0 Å². The van der Waals surface area contributed by atoms with Crippen molar-refractivity contribution < 1.29 is 0 Å².